The van der Waals surface area contributed by atoms with Gasteiger partial charge in [-0.05, 0) is 36.5 Å². The maximum atomic E-state index is 13.2. The summed E-state index contributed by atoms with van der Waals surface area (Å²) in [6.45, 7) is 5.51. The Kier molecular flexibility index (Phi) is 5.99. The first kappa shape index (κ1) is 22.0. The van der Waals surface area contributed by atoms with Crippen molar-refractivity contribution in [2.75, 3.05) is 25.1 Å². The number of aliphatic carboxylic acids is 1. The second-order valence-electron chi connectivity index (χ2n) is 8.71. The van der Waals surface area contributed by atoms with Crippen LogP contribution in [0.3, 0.4) is 0 Å². The lowest BCUT2D eigenvalue weighted by Crippen LogP contribution is -2.58. The second-order valence-corrected chi connectivity index (χ2v) is 8.71. The summed E-state index contributed by atoms with van der Waals surface area (Å²) >= 11 is 0. The quantitative estimate of drug-likeness (QED) is 0.597. The van der Waals surface area contributed by atoms with E-state index in [-0.39, 0.29) is 18.4 Å². The number of anilines is 1. The minimum atomic E-state index is -1.14. The molecule has 1 aliphatic heterocycles. The Bertz CT molecular complexity index is 859. The van der Waals surface area contributed by atoms with E-state index in [1.165, 1.54) is 4.90 Å². The van der Waals surface area contributed by atoms with Crippen molar-refractivity contribution >= 4 is 29.4 Å². The minimum Gasteiger partial charge on any atom is -0.480 e. The molecule has 2 aliphatic rings. The number of benzene rings is 1. The van der Waals surface area contributed by atoms with Crippen LogP contribution in [-0.4, -0.2) is 53.5 Å². The number of carboxylic acid groups (broad SMARTS) is 1. The van der Waals surface area contributed by atoms with Crippen LogP contribution in [0.15, 0.2) is 24.3 Å². The number of hydrogen-bond donors (Lipinski definition) is 2. The summed E-state index contributed by atoms with van der Waals surface area (Å²) in [7, 11) is 0. The molecule has 1 aliphatic carbocycles. The van der Waals surface area contributed by atoms with Crippen molar-refractivity contribution in [2.24, 2.45) is 11.3 Å². The summed E-state index contributed by atoms with van der Waals surface area (Å²) in [6, 6.07) is 7.33. The Balaban J connectivity index is 1.75. The monoisotopic (exact) mass is 416 g/mol. The molecule has 1 saturated carbocycles. The normalized spacial score (nSPS) is 18.4. The molecule has 1 unspecified atom stereocenters. The summed E-state index contributed by atoms with van der Waals surface area (Å²) in [6.07, 6.45) is 2.48. The topological polar surface area (TPSA) is 113 Å². The van der Waals surface area contributed by atoms with E-state index in [9.17, 15) is 19.2 Å². The van der Waals surface area contributed by atoms with Gasteiger partial charge in [-0.25, -0.2) is 4.79 Å². The maximum absolute atomic E-state index is 13.2. The Labute approximate surface area is 175 Å². The number of amides is 3. The van der Waals surface area contributed by atoms with Crippen LogP contribution in [0.4, 0.5) is 5.69 Å². The molecule has 1 aromatic carbocycles. The van der Waals surface area contributed by atoms with Gasteiger partial charge in [0.1, 0.15) is 13.2 Å². The summed E-state index contributed by atoms with van der Waals surface area (Å²) in [5.74, 6) is -1.49. The maximum Gasteiger partial charge on any atom is 0.329 e. The summed E-state index contributed by atoms with van der Waals surface area (Å²) in [4.78, 5) is 48.7. The van der Waals surface area contributed by atoms with Gasteiger partial charge in [0.05, 0.1) is 5.41 Å². The van der Waals surface area contributed by atoms with Crippen LogP contribution in [0.25, 0.3) is 0 Å². The highest BCUT2D eigenvalue weighted by Gasteiger charge is 2.57. The van der Waals surface area contributed by atoms with Crippen molar-refractivity contribution in [3.05, 3.63) is 29.8 Å². The highest BCUT2D eigenvalue weighted by atomic mass is 16.5. The second kappa shape index (κ2) is 8.18. The van der Waals surface area contributed by atoms with Gasteiger partial charge in [-0.2, -0.15) is 0 Å². The molecule has 1 aromatic rings. The Morgan fingerprint density at radius 2 is 1.77 bits per heavy atom. The molecule has 1 atom stereocenters. The number of imide groups is 1. The summed E-state index contributed by atoms with van der Waals surface area (Å²) in [5, 5.41) is 11.2. The number of β-lactam (4-membered cyclic amide) rings is 1. The largest absolute Gasteiger partial charge is 0.480 e. The van der Waals surface area contributed by atoms with Gasteiger partial charge in [0.15, 0.2) is 0 Å². The summed E-state index contributed by atoms with van der Waals surface area (Å²) in [5.41, 5.74) is 0.326. The SMILES string of the molecule is CC(C)(C(=O)N1CCC1=O)C(C)(c1ccc(NC(=O)COCC(=O)O)cc1)C1CC1. The van der Waals surface area contributed by atoms with Gasteiger partial charge in [0.2, 0.25) is 17.7 Å². The third-order valence-electron chi connectivity index (χ3n) is 6.55. The van der Waals surface area contributed by atoms with Crippen molar-refractivity contribution in [1.82, 2.24) is 4.90 Å². The van der Waals surface area contributed by atoms with Crippen molar-refractivity contribution in [1.29, 1.82) is 0 Å². The molecule has 0 bridgehead atoms. The third kappa shape index (κ3) is 4.09. The molecular weight excluding hydrogens is 388 g/mol. The number of carbonyl (C=O) groups is 4. The van der Waals surface area contributed by atoms with Gasteiger partial charge in [-0.15, -0.1) is 0 Å². The fraction of sp³-hybridized carbons (Fsp3) is 0.545. The predicted octanol–water partition coefficient (Wildman–Crippen LogP) is 2.18. The molecule has 1 heterocycles. The van der Waals surface area contributed by atoms with Gasteiger partial charge < -0.3 is 15.2 Å². The van der Waals surface area contributed by atoms with E-state index in [2.05, 4.69) is 12.2 Å². The van der Waals surface area contributed by atoms with Crippen LogP contribution in [-0.2, 0) is 29.3 Å². The van der Waals surface area contributed by atoms with Crippen LogP contribution >= 0.6 is 0 Å². The zero-order valence-corrected chi connectivity index (χ0v) is 17.6. The highest BCUT2D eigenvalue weighted by molar-refractivity contribution is 6.02. The molecule has 30 heavy (non-hydrogen) atoms. The number of hydrogen-bond acceptors (Lipinski definition) is 5. The molecule has 0 aromatic heterocycles. The van der Waals surface area contributed by atoms with Gasteiger partial charge in [-0.1, -0.05) is 32.9 Å². The van der Waals surface area contributed by atoms with Crippen molar-refractivity contribution in [3.8, 4) is 0 Å². The number of ether oxygens (including phenoxy) is 1. The van der Waals surface area contributed by atoms with Gasteiger partial charge >= 0.3 is 5.97 Å². The predicted molar refractivity (Wildman–Crippen MR) is 109 cm³/mol. The lowest BCUT2D eigenvalue weighted by atomic mass is 9.59. The first-order valence-electron chi connectivity index (χ1n) is 10.1. The molecule has 162 valence electrons. The molecule has 8 heteroatoms. The van der Waals surface area contributed by atoms with E-state index in [4.69, 9.17) is 9.84 Å². The lowest BCUT2D eigenvalue weighted by molar-refractivity contribution is -0.160. The van der Waals surface area contributed by atoms with E-state index in [0.717, 1.165) is 18.4 Å². The Morgan fingerprint density at radius 1 is 1.13 bits per heavy atom. The zero-order chi connectivity index (χ0) is 22.1. The molecule has 2 N–H and O–H groups in total. The van der Waals surface area contributed by atoms with Crippen LogP contribution in [0.1, 0.15) is 45.6 Å². The number of nitrogens with zero attached hydrogens (tertiary/aromatic N) is 1. The smallest absolute Gasteiger partial charge is 0.329 e. The first-order valence-corrected chi connectivity index (χ1v) is 10.1. The van der Waals surface area contributed by atoms with E-state index in [0.29, 0.717) is 24.6 Å². The fourth-order valence-electron chi connectivity index (χ4n) is 4.18. The van der Waals surface area contributed by atoms with Crippen LogP contribution in [0.2, 0.25) is 0 Å². The molecular formula is C22H28N2O6. The number of likely N-dealkylation sites (tertiary alicyclic amines) is 1. The van der Waals surface area contributed by atoms with Crippen LogP contribution in [0, 0.1) is 11.3 Å². The van der Waals surface area contributed by atoms with E-state index < -0.39 is 29.3 Å². The number of nitrogens with one attached hydrogen (secondary N) is 1. The average Bonchev–Trinajstić information content (AvgIpc) is 3.51. The van der Waals surface area contributed by atoms with Crippen molar-refractivity contribution in [3.63, 3.8) is 0 Å². The lowest BCUT2D eigenvalue weighted by Gasteiger charge is -2.47. The van der Waals surface area contributed by atoms with E-state index in [1.54, 1.807) is 12.1 Å². The molecule has 2 fully saturated rings. The number of carbonyl (C=O) groups excluding carboxylic acids is 3. The third-order valence-corrected chi connectivity index (χ3v) is 6.55. The zero-order valence-electron chi connectivity index (χ0n) is 17.6. The highest BCUT2D eigenvalue weighted by Crippen LogP contribution is 2.57. The van der Waals surface area contributed by atoms with Crippen molar-refractivity contribution < 1.29 is 29.0 Å². The number of rotatable bonds is 9. The first-order chi connectivity index (χ1) is 14.1. The van der Waals surface area contributed by atoms with E-state index in [1.807, 2.05) is 26.0 Å². The molecule has 3 amide bonds. The Morgan fingerprint density at radius 3 is 2.23 bits per heavy atom. The van der Waals surface area contributed by atoms with Crippen LogP contribution < -0.4 is 5.32 Å². The molecule has 3 rings (SSSR count). The Hall–Kier alpha value is -2.74. The van der Waals surface area contributed by atoms with Gasteiger partial charge in [0, 0.05) is 24.1 Å². The van der Waals surface area contributed by atoms with Crippen LogP contribution in [0.5, 0.6) is 0 Å². The average molecular weight is 416 g/mol. The molecule has 8 nitrogen and oxygen atoms in total. The van der Waals surface area contributed by atoms with Gasteiger partial charge in [0.25, 0.3) is 0 Å². The van der Waals surface area contributed by atoms with E-state index >= 15 is 0 Å². The molecule has 0 spiro atoms. The molecule has 1 saturated heterocycles. The van der Waals surface area contributed by atoms with Crippen molar-refractivity contribution in [2.45, 2.75) is 45.4 Å². The van der Waals surface area contributed by atoms with Gasteiger partial charge in [-0.3, -0.25) is 19.3 Å². The minimum absolute atomic E-state index is 0.116. The standard InChI is InChI=1S/C22H28N2O6/c1-21(2,20(29)24-11-10-18(24)26)22(3,14-4-5-14)15-6-8-16(9-7-15)23-17(25)12-30-13-19(27)28/h6-9,14H,4-5,10-13H2,1-3H3,(H,23,25)(H,27,28). The summed E-state index contributed by atoms with van der Waals surface area (Å²) < 4.78 is 4.78. The fourth-order valence-corrected chi connectivity index (χ4v) is 4.18. The molecule has 0 radical (unpaired) electrons. The number of carboxylic acids is 1.